The molecule has 0 radical (unpaired) electrons. The zero-order valence-corrected chi connectivity index (χ0v) is 13.3. The summed E-state index contributed by atoms with van der Waals surface area (Å²) in [7, 11) is 3.87. The largest absolute Gasteiger partial charge is 0.354 e. The van der Waals surface area contributed by atoms with Crippen molar-refractivity contribution < 1.29 is 9.59 Å². The van der Waals surface area contributed by atoms with Crippen LogP contribution >= 0.6 is 0 Å². The summed E-state index contributed by atoms with van der Waals surface area (Å²) in [5.74, 6) is -0.524. The van der Waals surface area contributed by atoms with Crippen LogP contribution in [-0.4, -0.2) is 43.9 Å². The van der Waals surface area contributed by atoms with Gasteiger partial charge in [-0.05, 0) is 33.5 Å². The molecule has 116 valence electrons. The molecule has 0 fully saturated rings. The van der Waals surface area contributed by atoms with Gasteiger partial charge in [-0.2, -0.15) is 0 Å². The van der Waals surface area contributed by atoms with Gasteiger partial charge in [-0.3, -0.25) is 9.59 Å². The lowest BCUT2D eigenvalue weighted by molar-refractivity contribution is -0.141. The highest BCUT2D eigenvalue weighted by Crippen LogP contribution is 2.15. The first-order valence-electron chi connectivity index (χ1n) is 7.09. The number of likely N-dealkylation sites (N-methyl/N-ethyl adjacent to an activating group) is 1. The third-order valence-corrected chi connectivity index (χ3v) is 3.28. The van der Waals surface area contributed by atoms with Crippen LogP contribution in [-0.2, 0) is 16.1 Å². The molecule has 0 aliphatic carbocycles. The summed E-state index contributed by atoms with van der Waals surface area (Å²) >= 11 is 0. The second-order valence-corrected chi connectivity index (χ2v) is 5.85. The Balaban J connectivity index is 2.48. The second-order valence-electron chi connectivity index (χ2n) is 5.85. The summed E-state index contributed by atoms with van der Waals surface area (Å²) in [6.45, 7) is 4.97. The number of nitrogens with one attached hydrogen (secondary N) is 2. The van der Waals surface area contributed by atoms with Crippen LogP contribution in [0.25, 0.3) is 0 Å². The van der Waals surface area contributed by atoms with Gasteiger partial charge in [0.25, 0.3) is 0 Å². The van der Waals surface area contributed by atoms with Gasteiger partial charge in [-0.15, -0.1) is 0 Å². The van der Waals surface area contributed by atoms with Crippen molar-refractivity contribution in [3.8, 4) is 0 Å². The Hall–Kier alpha value is -1.88. The van der Waals surface area contributed by atoms with E-state index in [1.54, 1.807) is 13.8 Å². The van der Waals surface area contributed by atoms with Crippen molar-refractivity contribution in [3.63, 3.8) is 0 Å². The van der Waals surface area contributed by atoms with Gasteiger partial charge in [0.05, 0.1) is 0 Å². The van der Waals surface area contributed by atoms with Crippen LogP contribution in [0.1, 0.15) is 19.4 Å². The van der Waals surface area contributed by atoms with Gasteiger partial charge in [-0.1, -0.05) is 30.3 Å². The Morgan fingerprint density at radius 2 is 1.62 bits per heavy atom. The average molecular weight is 291 g/mol. The van der Waals surface area contributed by atoms with Gasteiger partial charge in [-0.25, -0.2) is 0 Å². The lowest BCUT2D eigenvalue weighted by atomic mass is 9.91. The Morgan fingerprint density at radius 1 is 1.05 bits per heavy atom. The Labute approximate surface area is 126 Å². The molecule has 0 aromatic heterocycles. The number of nitrogens with zero attached hydrogens (tertiary/aromatic N) is 1. The molecule has 1 aromatic carbocycles. The molecule has 1 rings (SSSR count). The van der Waals surface area contributed by atoms with Crippen molar-refractivity contribution in [2.24, 2.45) is 5.41 Å². The fraction of sp³-hybridized carbons (Fsp3) is 0.500. The molecule has 0 saturated carbocycles. The van der Waals surface area contributed by atoms with Crippen molar-refractivity contribution in [1.82, 2.24) is 15.5 Å². The predicted molar refractivity (Wildman–Crippen MR) is 83.6 cm³/mol. The van der Waals surface area contributed by atoms with Crippen LogP contribution in [0.5, 0.6) is 0 Å². The monoisotopic (exact) mass is 291 g/mol. The molecule has 0 saturated heterocycles. The first-order chi connectivity index (χ1) is 9.84. The summed E-state index contributed by atoms with van der Waals surface area (Å²) in [5.41, 5.74) is -0.0733. The van der Waals surface area contributed by atoms with E-state index in [0.717, 1.165) is 12.1 Å². The Morgan fingerprint density at radius 3 is 2.19 bits per heavy atom. The van der Waals surface area contributed by atoms with Crippen molar-refractivity contribution >= 4 is 11.8 Å². The van der Waals surface area contributed by atoms with E-state index in [1.807, 2.05) is 49.3 Å². The normalized spacial score (nSPS) is 11.3. The average Bonchev–Trinajstić information content (AvgIpc) is 2.45. The molecule has 0 aliphatic heterocycles. The number of rotatable bonds is 7. The SMILES string of the molecule is CN(C)CCNC(=O)C(C)(C)C(=O)NCc1ccccc1. The topological polar surface area (TPSA) is 61.4 Å². The van der Waals surface area contributed by atoms with Gasteiger partial charge >= 0.3 is 0 Å². The minimum Gasteiger partial charge on any atom is -0.354 e. The van der Waals surface area contributed by atoms with E-state index < -0.39 is 5.41 Å². The van der Waals surface area contributed by atoms with Crippen LogP contribution in [0.2, 0.25) is 0 Å². The first-order valence-corrected chi connectivity index (χ1v) is 7.09. The first kappa shape index (κ1) is 17.2. The maximum atomic E-state index is 12.2. The summed E-state index contributed by atoms with van der Waals surface area (Å²) in [5, 5.41) is 5.60. The summed E-state index contributed by atoms with van der Waals surface area (Å²) < 4.78 is 0. The van der Waals surface area contributed by atoms with Gasteiger partial charge in [0, 0.05) is 19.6 Å². The van der Waals surface area contributed by atoms with E-state index in [4.69, 9.17) is 0 Å². The van der Waals surface area contributed by atoms with Crippen LogP contribution in [0.4, 0.5) is 0 Å². The van der Waals surface area contributed by atoms with Gasteiger partial charge in [0.2, 0.25) is 11.8 Å². The number of carbonyl (C=O) groups excluding carboxylic acids is 2. The predicted octanol–water partition coefficient (Wildman–Crippen LogP) is 1.01. The van der Waals surface area contributed by atoms with Crippen molar-refractivity contribution in [3.05, 3.63) is 35.9 Å². The van der Waals surface area contributed by atoms with E-state index in [9.17, 15) is 9.59 Å². The lowest BCUT2D eigenvalue weighted by Crippen LogP contribution is -2.48. The molecule has 2 amide bonds. The van der Waals surface area contributed by atoms with E-state index in [0.29, 0.717) is 13.1 Å². The highest BCUT2D eigenvalue weighted by molar-refractivity contribution is 6.04. The molecule has 0 atom stereocenters. The van der Waals surface area contributed by atoms with Gasteiger partial charge in [0.15, 0.2) is 0 Å². The lowest BCUT2D eigenvalue weighted by Gasteiger charge is -2.23. The highest BCUT2D eigenvalue weighted by atomic mass is 16.2. The third-order valence-electron chi connectivity index (χ3n) is 3.28. The maximum absolute atomic E-state index is 12.2. The molecule has 5 nitrogen and oxygen atoms in total. The smallest absolute Gasteiger partial charge is 0.235 e. The van der Waals surface area contributed by atoms with Crippen molar-refractivity contribution in [1.29, 1.82) is 0 Å². The maximum Gasteiger partial charge on any atom is 0.235 e. The molecule has 0 unspecified atom stereocenters. The number of hydrogen-bond acceptors (Lipinski definition) is 3. The zero-order valence-electron chi connectivity index (χ0n) is 13.3. The number of carbonyl (C=O) groups is 2. The van der Waals surface area contributed by atoms with Gasteiger partial charge < -0.3 is 15.5 Å². The molecular weight excluding hydrogens is 266 g/mol. The van der Waals surface area contributed by atoms with Crippen LogP contribution in [0.15, 0.2) is 30.3 Å². The molecule has 0 bridgehead atoms. The minimum atomic E-state index is -1.08. The summed E-state index contributed by atoms with van der Waals surface area (Å²) in [6.07, 6.45) is 0. The minimum absolute atomic E-state index is 0.255. The number of benzene rings is 1. The van der Waals surface area contributed by atoms with Crippen molar-refractivity contribution in [2.45, 2.75) is 20.4 Å². The van der Waals surface area contributed by atoms with Crippen molar-refractivity contribution in [2.75, 3.05) is 27.2 Å². The van der Waals surface area contributed by atoms with Gasteiger partial charge in [0.1, 0.15) is 5.41 Å². The van der Waals surface area contributed by atoms with E-state index >= 15 is 0 Å². The summed E-state index contributed by atoms with van der Waals surface area (Å²) in [4.78, 5) is 26.3. The highest BCUT2D eigenvalue weighted by Gasteiger charge is 2.35. The molecule has 5 heteroatoms. The number of hydrogen-bond donors (Lipinski definition) is 2. The zero-order chi connectivity index (χ0) is 15.9. The van der Waals surface area contributed by atoms with E-state index in [-0.39, 0.29) is 11.8 Å². The standard InChI is InChI=1S/C16H25N3O2/c1-16(2,14(20)17-10-11-19(3)4)15(21)18-12-13-8-6-5-7-9-13/h5-9H,10-12H2,1-4H3,(H,17,20)(H,18,21). The molecule has 2 N–H and O–H groups in total. The fourth-order valence-corrected chi connectivity index (χ4v) is 1.72. The summed E-state index contributed by atoms with van der Waals surface area (Å²) in [6, 6.07) is 9.63. The molecule has 1 aromatic rings. The number of amides is 2. The molecule has 21 heavy (non-hydrogen) atoms. The van der Waals surface area contributed by atoms with Crippen LogP contribution < -0.4 is 10.6 Å². The Bertz CT molecular complexity index is 470. The van der Waals surface area contributed by atoms with E-state index in [1.165, 1.54) is 0 Å². The molecule has 0 heterocycles. The molecule has 0 aliphatic rings. The Kier molecular flexibility index (Phi) is 6.37. The van der Waals surface area contributed by atoms with Crippen LogP contribution in [0.3, 0.4) is 0 Å². The second kappa shape index (κ2) is 7.78. The van der Waals surface area contributed by atoms with E-state index in [2.05, 4.69) is 10.6 Å². The molecule has 0 spiro atoms. The third kappa shape index (κ3) is 5.55. The quantitative estimate of drug-likeness (QED) is 0.737. The fourth-order valence-electron chi connectivity index (χ4n) is 1.72. The molecular formula is C16H25N3O2. The van der Waals surface area contributed by atoms with Crippen LogP contribution in [0, 0.1) is 5.41 Å².